The van der Waals surface area contributed by atoms with E-state index in [0.29, 0.717) is 12.5 Å². The standard InChI is InChI=1S/2C8H18O/c1-3-5-6-8(4-2)7-9;1-3-5-6-7-8(9)4-2/h2*8-9H,3-7H2,1-2H3. The Balaban J connectivity index is 0. The van der Waals surface area contributed by atoms with Crippen molar-refractivity contribution in [1.82, 2.24) is 0 Å². The van der Waals surface area contributed by atoms with Gasteiger partial charge in [-0.05, 0) is 25.2 Å². The highest BCUT2D eigenvalue weighted by Gasteiger charge is 2.01. The molecule has 0 bridgehead atoms. The fourth-order valence-electron chi connectivity index (χ4n) is 1.75. The van der Waals surface area contributed by atoms with Crippen molar-refractivity contribution in [3.05, 3.63) is 0 Å². The van der Waals surface area contributed by atoms with Gasteiger partial charge in [0, 0.05) is 6.61 Å². The molecule has 2 unspecified atom stereocenters. The quantitative estimate of drug-likeness (QED) is 0.566. The summed E-state index contributed by atoms with van der Waals surface area (Å²) in [6.45, 7) is 8.89. The van der Waals surface area contributed by atoms with Crippen LogP contribution >= 0.6 is 0 Å². The Hall–Kier alpha value is -0.0800. The first-order valence-corrected chi connectivity index (χ1v) is 7.94. The van der Waals surface area contributed by atoms with Gasteiger partial charge in [-0.2, -0.15) is 0 Å². The van der Waals surface area contributed by atoms with E-state index < -0.39 is 0 Å². The van der Waals surface area contributed by atoms with E-state index in [4.69, 9.17) is 10.2 Å². The van der Waals surface area contributed by atoms with E-state index in [0.717, 1.165) is 19.3 Å². The fraction of sp³-hybridized carbons (Fsp3) is 1.00. The van der Waals surface area contributed by atoms with Crippen LogP contribution in [0.3, 0.4) is 0 Å². The first kappa shape index (κ1) is 20.2. The summed E-state index contributed by atoms with van der Waals surface area (Å²) in [5.74, 6) is 0.560. The second kappa shape index (κ2) is 16.9. The molecule has 112 valence electrons. The summed E-state index contributed by atoms with van der Waals surface area (Å²) < 4.78 is 0. The lowest BCUT2D eigenvalue weighted by Gasteiger charge is -2.08. The van der Waals surface area contributed by atoms with Crippen LogP contribution in [0.25, 0.3) is 0 Å². The molecule has 0 aliphatic rings. The third-order valence-corrected chi connectivity index (χ3v) is 3.41. The van der Waals surface area contributed by atoms with Gasteiger partial charge < -0.3 is 10.2 Å². The van der Waals surface area contributed by atoms with Crippen molar-refractivity contribution in [2.24, 2.45) is 5.92 Å². The molecule has 0 saturated heterocycles. The Kier molecular flexibility index (Phi) is 19.0. The predicted molar refractivity (Wildman–Crippen MR) is 80.8 cm³/mol. The minimum absolute atomic E-state index is 0.0449. The Morgan fingerprint density at radius 3 is 1.78 bits per heavy atom. The van der Waals surface area contributed by atoms with Gasteiger partial charge in [-0.3, -0.25) is 0 Å². The first-order chi connectivity index (χ1) is 8.65. The average Bonchev–Trinajstić information content (AvgIpc) is 2.41. The lowest BCUT2D eigenvalue weighted by atomic mass is 10.0. The van der Waals surface area contributed by atoms with Crippen LogP contribution in [0, 0.1) is 5.92 Å². The van der Waals surface area contributed by atoms with E-state index in [1.165, 1.54) is 38.5 Å². The molecule has 2 atom stereocenters. The molecular formula is C16H36O2. The SMILES string of the molecule is CCCCC(CC)CO.CCCCCC(O)CC. The first-order valence-electron chi connectivity index (χ1n) is 7.94. The highest BCUT2D eigenvalue weighted by Crippen LogP contribution is 2.10. The zero-order valence-electron chi connectivity index (χ0n) is 13.1. The highest BCUT2D eigenvalue weighted by atomic mass is 16.3. The molecule has 0 heterocycles. The topological polar surface area (TPSA) is 40.5 Å². The van der Waals surface area contributed by atoms with Crippen molar-refractivity contribution < 1.29 is 10.2 Å². The summed E-state index contributed by atoms with van der Waals surface area (Å²) in [4.78, 5) is 0. The molecule has 18 heavy (non-hydrogen) atoms. The van der Waals surface area contributed by atoms with Crippen molar-refractivity contribution in [2.45, 2.75) is 91.6 Å². The maximum Gasteiger partial charge on any atom is 0.0537 e. The number of hydrogen-bond acceptors (Lipinski definition) is 2. The van der Waals surface area contributed by atoms with Gasteiger partial charge in [0.25, 0.3) is 0 Å². The summed E-state index contributed by atoms with van der Waals surface area (Å²) in [6, 6.07) is 0. The molecule has 0 aromatic heterocycles. The number of hydrogen-bond donors (Lipinski definition) is 2. The minimum atomic E-state index is -0.0449. The highest BCUT2D eigenvalue weighted by molar-refractivity contribution is 4.53. The molecule has 0 aromatic carbocycles. The number of aliphatic hydroxyl groups excluding tert-OH is 2. The second-order valence-corrected chi connectivity index (χ2v) is 5.16. The van der Waals surface area contributed by atoms with Gasteiger partial charge in [0.2, 0.25) is 0 Å². The maximum absolute atomic E-state index is 9.08. The summed E-state index contributed by atoms with van der Waals surface area (Å²) in [6.07, 6.45) is 10.4. The van der Waals surface area contributed by atoms with E-state index in [9.17, 15) is 0 Å². The molecule has 0 aromatic rings. The predicted octanol–water partition coefficient (Wildman–Crippen LogP) is 4.53. The largest absolute Gasteiger partial charge is 0.396 e. The van der Waals surface area contributed by atoms with Crippen LogP contribution in [-0.4, -0.2) is 22.9 Å². The molecule has 2 nitrogen and oxygen atoms in total. The van der Waals surface area contributed by atoms with Gasteiger partial charge >= 0.3 is 0 Å². The van der Waals surface area contributed by atoms with Crippen molar-refractivity contribution in [3.8, 4) is 0 Å². The van der Waals surface area contributed by atoms with Crippen LogP contribution in [0.15, 0.2) is 0 Å². The van der Waals surface area contributed by atoms with Gasteiger partial charge in [-0.25, -0.2) is 0 Å². The molecule has 0 aliphatic heterocycles. The third-order valence-electron chi connectivity index (χ3n) is 3.41. The number of aliphatic hydroxyl groups is 2. The smallest absolute Gasteiger partial charge is 0.0537 e. The molecule has 0 amide bonds. The minimum Gasteiger partial charge on any atom is -0.396 e. The van der Waals surface area contributed by atoms with Crippen LogP contribution in [0.4, 0.5) is 0 Å². The molecule has 0 fully saturated rings. The lowest BCUT2D eigenvalue weighted by Crippen LogP contribution is -2.03. The number of unbranched alkanes of at least 4 members (excludes halogenated alkanes) is 3. The van der Waals surface area contributed by atoms with Crippen LogP contribution in [-0.2, 0) is 0 Å². The van der Waals surface area contributed by atoms with Gasteiger partial charge in [-0.1, -0.05) is 66.2 Å². The Morgan fingerprint density at radius 1 is 0.778 bits per heavy atom. The lowest BCUT2D eigenvalue weighted by molar-refractivity contribution is 0.156. The van der Waals surface area contributed by atoms with Crippen molar-refractivity contribution in [2.75, 3.05) is 6.61 Å². The summed E-state index contributed by atoms with van der Waals surface area (Å²) >= 11 is 0. The van der Waals surface area contributed by atoms with Crippen LogP contribution in [0.5, 0.6) is 0 Å². The molecule has 0 saturated carbocycles. The zero-order valence-corrected chi connectivity index (χ0v) is 13.1. The Labute approximate surface area is 115 Å². The summed E-state index contributed by atoms with van der Waals surface area (Å²) in [7, 11) is 0. The molecule has 2 heteroatoms. The summed E-state index contributed by atoms with van der Waals surface area (Å²) in [5.41, 5.74) is 0. The normalized spacial score (nSPS) is 13.7. The molecular weight excluding hydrogens is 224 g/mol. The van der Waals surface area contributed by atoms with Crippen LogP contribution in [0.1, 0.15) is 85.5 Å². The fourth-order valence-corrected chi connectivity index (χ4v) is 1.75. The van der Waals surface area contributed by atoms with E-state index >= 15 is 0 Å². The zero-order chi connectivity index (χ0) is 14.2. The van der Waals surface area contributed by atoms with Crippen LogP contribution in [0.2, 0.25) is 0 Å². The van der Waals surface area contributed by atoms with Crippen molar-refractivity contribution in [1.29, 1.82) is 0 Å². The Bertz CT molecular complexity index is 133. The molecule has 0 rings (SSSR count). The van der Waals surface area contributed by atoms with Crippen molar-refractivity contribution >= 4 is 0 Å². The van der Waals surface area contributed by atoms with E-state index in [-0.39, 0.29) is 6.10 Å². The maximum atomic E-state index is 9.08. The summed E-state index contributed by atoms with van der Waals surface area (Å²) in [5, 5.41) is 17.8. The van der Waals surface area contributed by atoms with E-state index in [1.807, 2.05) is 6.92 Å². The number of rotatable bonds is 10. The van der Waals surface area contributed by atoms with Gasteiger partial charge in [-0.15, -0.1) is 0 Å². The molecule has 0 aliphatic carbocycles. The molecule has 2 N–H and O–H groups in total. The van der Waals surface area contributed by atoms with Gasteiger partial charge in [0.1, 0.15) is 0 Å². The van der Waals surface area contributed by atoms with Gasteiger partial charge in [0.05, 0.1) is 6.10 Å². The molecule has 0 spiro atoms. The average molecular weight is 260 g/mol. The molecule has 0 radical (unpaired) electrons. The Morgan fingerprint density at radius 2 is 1.39 bits per heavy atom. The van der Waals surface area contributed by atoms with Gasteiger partial charge in [0.15, 0.2) is 0 Å². The third kappa shape index (κ3) is 15.9. The van der Waals surface area contributed by atoms with Crippen LogP contribution < -0.4 is 0 Å². The second-order valence-electron chi connectivity index (χ2n) is 5.16. The van der Waals surface area contributed by atoms with E-state index in [2.05, 4.69) is 20.8 Å². The van der Waals surface area contributed by atoms with E-state index in [1.54, 1.807) is 0 Å². The monoisotopic (exact) mass is 260 g/mol. The van der Waals surface area contributed by atoms with Crippen molar-refractivity contribution in [3.63, 3.8) is 0 Å².